The number of hydrogen-bond donors (Lipinski definition) is 0. The van der Waals surface area contributed by atoms with Gasteiger partial charge in [-0.25, -0.2) is 4.98 Å². The Balaban J connectivity index is 1.38. The highest BCUT2D eigenvalue weighted by Gasteiger charge is 2.00. The van der Waals surface area contributed by atoms with Gasteiger partial charge in [0.2, 0.25) is 0 Å². The zero-order valence-electron chi connectivity index (χ0n) is 16.4. The summed E-state index contributed by atoms with van der Waals surface area (Å²) in [5.74, 6) is 0. The van der Waals surface area contributed by atoms with Crippen LogP contribution in [0.5, 0.6) is 0 Å². The molecule has 1 aromatic carbocycles. The molecule has 2 rings (SSSR count). The molecule has 0 unspecified atom stereocenters. The van der Waals surface area contributed by atoms with Crippen LogP contribution in [0.1, 0.15) is 96.8 Å². The molecule has 0 aliphatic carbocycles. The van der Waals surface area contributed by atoms with E-state index in [9.17, 15) is 0 Å². The molecule has 0 saturated carbocycles. The van der Waals surface area contributed by atoms with E-state index < -0.39 is 0 Å². The molecule has 25 heavy (non-hydrogen) atoms. The highest BCUT2D eigenvalue weighted by atomic mass is 15.0. The Morgan fingerprint density at radius 2 is 1.20 bits per heavy atom. The smallest absolute Gasteiger partial charge is 0.0958 e. The molecule has 2 heteroatoms. The van der Waals surface area contributed by atoms with Gasteiger partial charge >= 0.3 is 0 Å². The zero-order valence-corrected chi connectivity index (χ0v) is 16.4. The minimum Gasteiger partial charge on any atom is -0.331 e. The molecule has 0 fully saturated rings. The molecular formula is C23H38N2. The number of aromatic nitrogens is 2. The SMILES string of the molecule is CCCCCCCCCCCCCCCCn1cnc2ccccc21. The van der Waals surface area contributed by atoms with Gasteiger partial charge in [-0.2, -0.15) is 0 Å². The van der Waals surface area contributed by atoms with Crippen LogP contribution in [0.4, 0.5) is 0 Å². The predicted octanol–water partition coefficient (Wildman–Crippen LogP) is 7.52. The molecule has 140 valence electrons. The van der Waals surface area contributed by atoms with Crippen LogP contribution < -0.4 is 0 Å². The number of nitrogens with zero attached hydrogens (tertiary/aromatic N) is 2. The maximum Gasteiger partial charge on any atom is 0.0958 e. The first kappa shape index (κ1) is 20.0. The van der Waals surface area contributed by atoms with Crippen molar-refractivity contribution in [3.8, 4) is 0 Å². The van der Waals surface area contributed by atoms with Gasteiger partial charge in [0.15, 0.2) is 0 Å². The molecule has 0 aliphatic heterocycles. The van der Waals surface area contributed by atoms with E-state index in [1.54, 1.807) is 0 Å². The Hall–Kier alpha value is -1.31. The summed E-state index contributed by atoms with van der Waals surface area (Å²) in [5.41, 5.74) is 2.39. The summed E-state index contributed by atoms with van der Waals surface area (Å²) in [6.45, 7) is 3.40. The van der Waals surface area contributed by atoms with E-state index >= 15 is 0 Å². The van der Waals surface area contributed by atoms with Gasteiger partial charge in [-0.1, -0.05) is 103 Å². The third kappa shape index (κ3) is 8.07. The number of unbranched alkanes of at least 4 members (excludes halogenated alkanes) is 13. The summed E-state index contributed by atoms with van der Waals surface area (Å²) in [6.07, 6.45) is 21.8. The Morgan fingerprint density at radius 3 is 1.80 bits per heavy atom. The molecule has 0 spiro atoms. The fourth-order valence-electron chi connectivity index (χ4n) is 3.67. The van der Waals surface area contributed by atoms with E-state index in [-0.39, 0.29) is 0 Å². The average Bonchev–Trinajstić information content (AvgIpc) is 3.05. The van der Waals surface area contributed by atoms with Crippen molar-refractivity contribution >= 4 is 11.0 Å². The van der Waals surface area contributed by atoms with E-state index in [1.165, 1.54) is 95.4 Å². The standard InChI is InChI=1S/C23H38N2/c1-2-3-4-5-6-7-8-9-10-11-12-13-14-17-20-25-21-24-22-18-15-16-19-23(22)25/h15-16,18-19,21H,2-14,17,20H2,1H3. The van der Waals surface area contributed by atoms with Crippen LogP contribution in [-0.2, 0) is 6.54 Å². The normalized spacial score (nSPS) is 11.4. The minimum atomic E-state index is 1.11. The summed E-state index contributed by atoms with van der Waals surface area (Å²) in [4.78, 5) is 4.47. The molecular weight excluding hydrogens is 304 g/mol. The minimum absolute atomic E-state index is 1.11. The van der Waals surface area contributed by atoms with Gasteiger partial charge < -0.3 is 4.57 Å². The van der Waals surface area contributed by atoms with E-state index in [0.717, 1.165) is 12.1 Å². The maximum atomic E-state index is 4.47. The summed E-state index contributed by atoms with van der Waals surface area (Å²) in [5, 5.41) is 0. The monoisotopic (exact) mass is 342 g/mol. The van der Waals surface area contributed by atoms with Crippen molar-refractivity contribution in [2.45, 2.75) is 103 Å². The fraction of sp³-hybridized carbons (Fsp3) is 0.696. The highest BCUT2D eigenvalue weighted by Crippen LogP contribution is 2.15. The number of aryl methyl sites for hydroxylation is 1. The van der Waals surface area contributed by atoms with Crippen LogP contribution in [0.2, 0.25) is 0 Å². The molecule has 0 saturated heterocycles. The van der Waals surface area contributed by atoms with Crippen LogP contribution in [-0.4, -0.2) is 9.55 Å². The largest absolute Gasteiger partial charge is 0.331 e. The van der Waals surface area contributed by atoms with Crippen molar-refractivity contribution in [3.63, 3.8) is 0 Å². The van der Waals surface area contributed by atoms with Crippen LogP contribution in [0, 0.1) is 0 Å². The lowest BCUT2D eigenvalue weighted by atomic mass is 10.0. The van der Waals surface area contributed by atoms with Gasteiger partial charge in [-0.15, -0.1) is 0 Å². The van der Waals surface area contributed by atoms with Crippen molar-refractivity contribution in [2.24, 2.45) is 0 Å². The number of hydrogen-bond acceptors (Lipinski definition) is 1. The number of rotatable bonds is 15. The molecule has 0 aliphatic rings. The number of imidazole rings is 1. The average molecular weight is 343 g/mol. The van der Waals surface area contributed by atoms with Crippen LogP contribution >= 0.6 is 0 Å². The van der Waals surface area contributed by atoms with Gasteiger partial charge in [-0.05, 0) is 18.6 Å². The van der Waals surface area contributed by atoms with Gasteiger partial charge in [0, 0.05) is 6.54 Å². The number of para-hydroxylation sites is 2. The van der Waals surface area contributed by atoms with Crippen molar-refractivity contribution in [1.29, 1.82) is 0 Å². The molecule has 2 nitrogen and oxygen atoms in total. The van der Waals surface area contributed by atoms with E-state index in [0.29, 0.717) is 0 Å². The topological polar surface area (TPSA) is 17.8 Å². The lowest BCUT2D eigenvalue weighted by Crippen LogP contribution is -1.95. The van der Waals surface area contributed by atoms with Crippen LogP contribution in [0.25, 0.3) is 11.0 Å². The first-order chi connectivity index (χ1) is 12.4. The lowest BCUT2D eigenvalue weighted by Gasteiger charge is -2.05. The Morgan fingerprint density at radius 1 is 0.680 bits per heavy atom. The second kappa shape index (κ2) is 13.0. The molecule has 0 amide bonds. The van der Waals surface area contributed by atoms with E-state index in [4.69, 9.17) is 0 Å². The summed E-state index contributed by atoms with van der Waals surface area (Å²) in [6, 6.07) is 8.43. The third-order valence-corrected chi connectivity index (χ3v) is 5.28. The lowest BCUT2D eigenvalue weighted by molar-refractivity contribution is 0.526. The summed E-state index contributed by atoms with van der Waals surface area (Å²) >= 11 is 0. The number of benzene rings is 1. The van der Waals surface area contributed by atoms with Gasteiger partial charge in [0.1, 0.15) is 0 Å². The van der Waals surface area contributed by atoms with Gasteiger partial charge in [-0.3, -0.25) is 0 Å². The van der Waals surface area contributed by atoms with Crippen molar-refractivity contribution in [1.82, 2.24) is 9.55 Å². The first-order valence-electron chi connectivity index (χ1n) is 10.8. The van der Waals surface area contributed by atoms with Crippen LogP contribution in [0.3, 0.4) is 0 Å². The van der Waals surface area contributed by atoms with Crippen molar-refractivity contribution < 1.29 is 0 Å². The molecule has 0 atom stereocenters. The first-order valence-corrected chi connectivity index (χ1v) is 10.8. The summed E-state index contributed by atoms with van der Waals surface area (Å²) in [7, 11) is 0. The Labute approximate surface area is 155 Å². The van der Waals surface area contributed by atoms with Crippen molar-refractivity contribution in [3.05, 3.63) is 30.6 Å². The molecule has 0 radical (unpaired) electrons. The Bertz CT molecular complexity index is 558. The quantitative estimate of drug-likeness (QED) is 0.306. The molecule has 0 N–H and O–H groups in total. The highest BCUT2D eigenvalue weighted by molar-refractivity contribution is 5.74. The molecule has 2 aromatic rings. The maximum absolute atomic E-state index is 4.47. The zero-order chi connectivity index (χ0) is 17.6. The number of fused-ring (bicyclic) bond motifs is 1. The fourth-order valence-corrected chi connectivity index (χ4v) is 3.67. The van der Waals surface area contributed by atoms with Crippen LogP contribution in [0.15, 0.2) is 30.6 Å². The molecule has 0 bridgehead atoms. The molecule has 1 heterocycles. The van der Waals surface area contributed by atoms with E-state index in [1.807, 2.05) is 6.33 Å². The second-order valence-electron chi connectivity index (χ2n) is 7.52. The second-order valence-corrected chi connectivity index (χ2v) is 7.52. The van der Waals surface area contributed by atoms with Gasteiger partial charge in [0.25, 0.3) is 0 Å². The van der Waals surface area contributed by atoms with E-state index in [2.05, 4.69) is 40.7 Å². The van der Waals surface area contributed by atoms with Crippen molar-refractivity contribution in [2.75, 3.05) is 0 Å². The van der Waals surface area contributed by atoms with Gasteiger partial charge in [0.05, 0.1) is 17.4 Å². The summed E-state index contributed by atoms with van der Waals surface area (Å²) < 4.78 is 2.30. The predicted molar refractivity (Wildman–Crippen MR) is 110 cm³/mol. The Kier molecular flexibility index (Phi) is 10.4. The third-order valence-electron chi connectivity index (χ3n) is 5.28. The molecule has 1 aromatic heterocycles.